The molecule has 2 N–H and O–H groups in total. The van der Waals surface area contributed by atoms with Crippen molar-refractivity contribution >= 4 is 44.2 Å². The predicted octanol–water partition coefficient (Wildman–Crippen LogP) is 3.90. The maximum atomic E-state index is 12.8. The molecule has 0 spiro atoms. The van der Waals surface area contributed by atoms with Gasteiger partial charge >= 0.3 is 0 Å². The molecule has 0 atom stereocenters. The first-order valence-corrected chi connectivity index (χ1v) is 9.25. The normalized spacial score (nSPS) is 11.1. The van der Waals surface area contributed by atoms with Crippen LogP contribution in [0.1, 0.15) is 0 Å². The van der Waals surface area contributed by atoms with Crippen LogP contribution in [-0.2, 0) is 0 Å². The molecular formula is C20H12N4O3S. The van der Waals surface area contributed by atoms with Crippen molar-refractivity contribution in [3.05, 3.63) is 81.2 Å². The molecule has 0 amide bonds. The number of aromatic nitrogens is 3. The summed E-state index contributed by atoms with van der Waals surface area (Å²) >= 11 is 1.23. The van der Waals surface area contributed by atoms with E-state index in [0.29, 0.717) is 26.5 Å². The molecule has 0 radical (unpaired) electrons. The second-order valence-corrected chi connectivity index (χ2v) is 7.06. The van der Waals surface area contributed by atoms with Gasteiger partial charge in [0.15, 0.2) is 5.01 Å². The van der Waals surface area contributed by atoms with Gasteiger partial charge < -0.3 is 9.73 Å². The van der Waals surface area contributed by atoms with Gasteiger partial charge in [-0.15, -0.1) is 10.2 Å². The number of rotatable bonds is 3. The van der Waals surface area contributed by atoms with Crippen LogP contribution in [0.5, 0.6) is 0 Å². The summed E-state index contributed by atoms with van der Waals surface area (Å²) in [7, 11) is 0. The summed E-state index contributed by atoms with van der Waals surface area (Å²) in [5.41, 5.74) is 1.10. The summed E-state index contributed by atoms with van der Waals surface area (Å²) in [6, 6.07) is 18.0. The van der Waals surface area contributed by atoms with E-state index >= 15 is 0 Å². The lowest BCUT2D eigenvalue weighted by atomic mass is 10.1. The van der Waals surface area contributed by atoms with E-state index in [0.717, 1.165) is 5.69 Å². The average Bonchev–Trinajstić information content (AvgIpc) is 3.17. The van der Waals surface area contributed by atoms with E-state index in [1.165, 1.54) is 17.4 Å². The van der Waals surface area contributed by atoms with Crippen LogP contribution in [0.4, 0.5) is 10.8 Å². The number of nitrogens with zero attached hydrogens (tertiary/aromatic N) is 2. The summed E-state index contributed by atoms with van der Waals surface area (Å²) < 4.78 is 5.68. The van der Waals surface area contributed by atoms with Crippen molar-refractivity contribution in [1.82, 2.24) is 15.2 Å². The minimum absolute atomic E-state index is 0.143. The minimum atomic E-state index is -0.395. The number of nitrogens with one attached hydrogen (secondary N) is 2. The molecule has 5 rings (SSSR count). The molecule has 0 bridgehead atoms. The number of para-hydroxylation sites is 2. The van der Waals surface area contributed by atoms with Crippen molar-refractivity contribution in [3.8, 4) is 10.6 Å². The van der Waals surface area contributed by atoms with E-state index in [1.807, 2.05) is 30.3 Å². The lowest BCUT2D eigenvalue weighted by Gasteiger charge is -2.02. The summed E-state index contributed by atoms with van der Waals surface area (Å²) in [5.74, 6) is 0. The minimum Gasteiger partial charge on any atom is -0.439 e. The van der Waals surface area contributed by atoms with Crippen LogP contribution in [0, 0.1) is 0 Å². The Bertz CT molecular complexity index is 1440. The van der Waals surface area contributed by atoms with Crippen LogP contribution >= 0.6 is 11.3 Å². The monoisotopic (exact) mass is 388 g/mol. The highest BCUT2D eigenvalue weighted by Crippen LogP contribution is 2.27. The van der Waals surface area contributed by atoms with Crippen LogP contribution in [0.3, 0.4) is 0 Å². The molecule has 3 heterocycles. The zero-order chi connectivity index (χ0) is 19.1. The number of fused-ring (bicyclic) bond motifs is 2. The number of H-pyrrole nitrogens is 1. The van der Waals surface area contributed by atoms with Crippen molar-refractivity contribution in [2.75, 3.05) is 5.32 Å². The Morgan fingerprint density at radius 2 is 1.71 bits per heavy atom. The number of hydrogen-bond donors (Lipinski definition) is 2. The largest absolute Gasteiger partial charge is 0.439 e. The van der Waals surface area contributed by atoms with E-state index in [1.54, 1.807) is 24.3 Å². The highest BCUT2D eigenvalue weighted by molar-refractivity contribution is 7.18. The molecule has 0 unspecified atom stereocenters. The molecule has 28 heavy (non-hydrogen) atoms. The fourth-order valence-electron chi connectivity index (χ4n) is 2.95. The van der Waals surface area contributed by atoms with Gasteiger partial charge in [0, 0.05) is 5.69 Å². The smallest absolute Gasteiger partial charge is 0.261 e. The van der Waals surface area contributed by atoms with E-state index in [2.05, 4.69) is 20.5 Å². The summed E-state index contributed by atoms with van der Waals surface area (Å²) in [4.78, 5) is 28.0. The van der Waals surface area contributed by atoms with Crippen LogP contribution in [0.2, 0.25) is 0 Å². The van der Waals surface area contributed by atoms with Crippen LogP contribution < -0.4 is 16.3 Å². The Kier molecular flexibility index (Phi) is 3.77. The van der Waals surface area contributed by atoms with Crippen molar-refractivity contribution < 1.29 is 4.42 Å². The van der Waals surface area contributed by atoms with Crippen LogP contribution in [-0.4, -0.2) is 15.2 Å². The van der Waals surface area contributed by atoms with Gasteiger partial charge in [-0.05, 0) is 30.3 Å². The zero-order valence-electron chi connectivity index (χ0n) is 14.3. The molecule has 0 aliphatic carbocycles. The van der Waals surface area contributed by atoms with Gasteiger partial charge in [0.05, 0.1) is 16.3 Å². The number of hydrogen-bond acceptors (Lipinski definition) is 7. The van der Waals surface area contributed by atoms with Gasteiger partial charge in [0.2, 0.25) is 16.3 Å². The van der Waals surface area contributed by atoms with Gasteiger partial charge in [-0.3, -0.25) is 14.6 Å². The second kappa shape index (κ2) is 6.43. The Morgan fingerprint density at radius 3 is 2.57 bits per heavy atom. The first-order chi connectivity index (χ1) is 13.7. The Balaban J connectivity index is 1.62. The summed E-state index contributed by atoms with van der Waals surface area (Å²) in [5, 5.41) is 13.0. The van der Waals surface area contributed by atoms with E-state index in [4.69, 9.17) is 4.42 Å². The number of anilines is 2. The average molecular weight is 388 g/mol. The number of aromatic amines is 1. The van der Waals surface area contributed by atoms with Gasteiger partial charge in [-0.1, -0.05) is 41.7 Å². The first kappa shape index (κ1) is 16.4. The molecule has 0 fully saturated rings. The third-order valence-corrected chi connectivity index (χ3v) is 5.15. The quantitative estimate of drug-likeness (QED) is 0.455. The maximum Gasteiger partial charge on any atom is 0.261 e. The van der Waals surface area contributed by atoms with Crippen molar-refractivity contribution in [1.29, 1.82) is 0 Å². The molecular weight excluding hydrogens is 376 g/mol. The third kappa shape index (κ3) is 2.76. The number of pyridine rings is 1. The predicted molar refractivity (Wildman–Crippen MR) is 109 cm³/mol. The highest BCUT2D eigenvalue weighted by Gasteiger charge is 2.15. The van der Waals surface area contributed by atoms with Crippen LogP contribution in [0.25, 0.3) is 32.6 Å². The number of benzene rings is 2. The Morgan fingerprint density at radius 1 is 0.929 bits per heavy atom. The van der Waals surface area contributed by atoms with Gasteiger partial charge in [-0.2, -0.15) is 0 Å². The summed E-state index contributed by atoms with van der Waals surface area (Å²) in [6.45, 7) is 0. The molecule has 5 aromatic rings. The fourth-order valence-corrected chi connectivity index (χ4v) is 3.72. The maximum absolute atomic E-state index is 12.8. The van der Waals surface area contributed by atoms with Crippen LogP contribution in [0.15, 0.2) is 74.7 Å². The standard InChI is InChI=1S/C20H12N4O3S/c25-16-12-8-4-5-9-15(12)27-18-13(16)10-14(17(26)22-18)19-23-24-20(28-19)21-11-6-2-1-3-7-11/h1-10H,(H,21,24)(H,22,26). The molecule has 136 valence electrons. The molecule has 2 aromatic carbocycles. The van der Waals surface area contributed by atoms with Crippen molar-refractivity contribution in [3.63, 3.8) is 0 Å². The topological polar surface area (TPSA) is 101 Å². The zero-order valence-corrected chi connectivity index (χ0v) is 15.1. The molecule has 8 heteroatoms. The van der Waals surface area contributed by atoms with E-state index in [-0.39, 0.29) is 16.7 Å². The third-order valence-electron chi connectivity index (χ3n) is 4.27. The molecule has 0 aliphatic rings. The lowest BCUT2D eigenvalue weighted by molar-refractivity contribution is 0.643. The highest BCUT2D eigenvalue weighted by atomic mass is 32.1. The van der Waals surface area contributed by atoms with Crippen molar-refractivity contribution in [2.24, 2.45) is 0 Å². The molecule has 0 saturated heterocycles. The van der Waals surface area contributed by atoms with Gasteiger partial charge in [-0.25, -0.2) is 0 Å². The Labute approximate surface area is 161 Å². The summed E-state index contributed by atoms with van der Waals surface area (Å²) in [6.07, 6.45) is 0. The SMILES string of the molecule is O=c1[nH]c2oc3ccccc3c(=O)c2cc1-c1nnc(Nc2ccccc2)s1. The second-order valence-electron chi connectivity index (χ2n) is 6.09. The molecule has 7 nitrogen and oxygen atoms in total. The molecule has 3 aromatic heterocycles. The van der Waals surface area contributed by atoms with Gasteiger partial charge in [0.1, 0.15) is 5.58 Å². The van der Waals surface area contributed by atoms with Gasteiger partial charge in [0.25, 0.3) is 5.56 Å². The molecule has 0 saturated carbocycles. The van der Waals surface area contributed by atoms with E-state index in [9.17, 15) is 9.59 Å². The first-order valence-electron chi connectivity index (χ1n) is 8.44. The molecule has 0 aliphatic heterocycles. The fraction of sp³-hybridized carbons (Fsp3) is 0. The lowest BCUT2D eigenvalue weighted by Crippen LogP contribution is -2.12. The van der Waals surface area contributed by atoms with Crippen molar-refractivity contribution in [2.45, 2.75) is 0 Å². The van der Waals surface area contributed by atoms with E-state index < -0.39 is 5.56 Å². The Hall–Kier alpha value is -3.78.